The van der Waals surface area contributed by atoms with Crippen LogP contribution < -0.4 is 16.0 Å². The summed E-state index contributed by atoms with van der Waals surface area (Å²) >= 11 is 1.66. The van der Waals surface area contributed by atoms with Crippen LogP contribution in [0.15, 0.2) is 48.7 Å². The number of pyridine rings is 1. The van der Waals surface area contributed by atoms with E-state index < -0.39 is 17.9 Å². The van der Waals surface area contributed by atoms with Gasteiger partial charge in [0, 0.05) is 6.20 Å². The third-order valence-electron chi connectivity index (χ3n) is 5.04. The van der Waals surface area contributed by atoms with Gasteiger partial charge in [0.05, 0.1) is 23.7 Å². The Kier molecular flexibility index (Phi) is 6.17. The van der Waals surface area contributed by atoms with Gasteiger partial charge in [-0.05, 0) is 42.7 Å². The van der Waals surface area contributed by atoms with Crippen LogP contribution in [0.1, 0.15) is 35.1 Å². The van der Waals surface area contributed by atoms with Gasteiger partial charge >= 0.3 is 0 Å². The van der Waals surface area contributed by atoms with Gasteiger partial charge in [0.2, 0.25) is 11.8 Å². The molecule has 9 nitrogen and oxygen atoms in total. The Balaban J connectivity index is 1.49. The van der Waals surface area contributed by atoms with Crippen molar-refractivity contribution in [2.75, 3.05) is 17.3 Å². The SMILES string of the molecule is CSCC[C@H](NC(=O)C[C@H]1NC(=O)c2ccccc2NC1=O)c1nnc2ccccn12. The van der Waals surface area contributed by atoms with E-state index in [1.807, 2.05) is 35.1 Å². The molecule has 0 aliphatic carbocycles. The van der Waals surface area contributed by atoms with E-state index >= 15 is 0 Å². The number of rotatable bonds is 7. The van der Waals surface area contributed by atoms with E-state index in [1.165, 1.54) is 0 Å². The highest BCUT2D eigenvalue weighted by Crippen LogP contribution is 2.21. The maximum atomic E-state index is 12.8. The number of aromatic nitrogens is 3. The van der Waals surface area contributed by atoms with Crippen molar-refractivity contribution in [3.05, 3.63) is 60.0 Å². The number of hydrogen-bond acceptors (Lipinski definition) is 6. The number of amides is 3. The standard InChI is InChI=1S/C21H22N6O3S/c1-31-11-9-15(19-26-25-17-8-4-5-10-27(17)19)22-18(28)12-16-21(30)23-14-7-3-2-6-13(14)20(29)24-16/h2-8,10,15-16H,9,11-12H2,1H3,(H,22,28)(H,23,30)(H,24,29)/t15-,16+/m0/s1. The van der Waals surface area contributed by atoms with Gasteiger partial charge in [0.15, 0.2) is 11.5 Å². The summed E-state index contributed by atoms with van der Waals surface area (Å²) in [6.45, 7) is 0. The molecule has 0 bridgehead atoms. The Morgan fingerprint density at radius 2 is 2.00 bits per heavy atom. The van der Waals surface area contributed by atoms with E-state index in [0.717, 1.165) is 5.75 Å². The molecule has 2 aromatic heterocycles. The van der Waals surface area contributed by atoms with Gasteiger partial charge in [-0.15, -0.1) is 10.2 Å². The number of para-hydroxylation sites is 1. The number of nitrogens with one attached hydrogen (secondary N) is 3. The molecule has 160 valence electrons. The predicted octanol–water partition coefficient (Wildman–Crippen LogP) is 1.78. The Labute approximate surface area is 183 Å². The molecule has 31 heavy (non-hydrogen) atoms. The lowest BCUT2D eigenvalue weighted by Crippen LogP contribution is -2.45. The smallest absolute Gasteiger partial charge is 0.254 e. The molecule has 0 radical (unpaired) electrons. The largest absolute Gasteiger partial charge is 0.346 e. The third kappa shape index (κ3) is 4.53. The first-order valence-corrected chi connectivity index (χ1v) is 11.2. The summed E-state index contributed by atoms with van der Waals surface area (Å²) in [5, 5.41) is 16.7. The number of carbonyl (C=O) groups excluding carboxylic acids is 3. The molecule has 1 aliphatic heterocycles. The monoisotopic (exact) mass is 438 g/mol. The van der Waals surface area contributed by atoms with Crippen molar-refractivity contribution >= 4 is 40.8 Å². The van der Waals surface area contributed by atoms with Crippen LogP contribution >= 0.6 is 11.8 Å². The molecular formula is C21H22N6O3S. The van der Waals surface area contributed by atoms with E-state index in [4.69, 9.17) is 0 Å². The molecule has 3 heterocycles. The van der Waals surface area contributed by atoms with Crippen molar-refractivity contribution in [2.24, 2.45) is 0 Å². The number of anilines is 1. The average molecular weight is 439 g/mol. The highest BCUT2D eigenvalue weighted by Gasteiger charge is 2.30. The van der Waals surface area contributed by atoms with Crippen LogP contribution in [0.2, 0.25) is 0 Å². The Bertz CT molecular complexity index is 1130. The zero-order valence-electron chi connectivity index (χ0n) is 16.9. The second kappa shape index (κ2) is 9.17. The minimum absolute atomic E-state index is 0.182. The fourth-order valence-electron chi connectivity index (χ4n) is 3.49. The molecule has 10 heteroatoms. The summed E-state index contributed by atoms with van der Waals surface area (Å²) in [5.41, 5.74) is 1.49. The molecule has 3 aromatic rings. The minimum atomic E-state index is -0.976. The van der Waals surface area contributed by atoms with E-state index in [2.05, 4.69) is 26.1 Å². The van der Waals surface area contributed by atoms with E-state index in [1.54, 1.807) is 36.0 Å². The number of fused-ring (bicyclic) bond motifs is 2. The normalized spacial score (nSPS) is 16.7. The maximum absolute atomic E-state index is 12.8. The van der Waals surface area contributed by atoms with Gasteiger partial charge in [-0.25, -0.2) is 0 Å². The number of carbonyl (C=O) groups is 3. The Morgan fingerprint density at radius 3 is 2.84 bits per heavy atom. The maximum Gasteiger partial charge on any atom is 0.254 e. The lowest BCUT2D eigenvalue weighted by molar-refractivity contribution is -0.126. The van der Waals surface area contributed by atoms with Crippen molar-refractivity contribution in [3.63, 3.8) is 0 Å². The molecule has 0 unspecified atom stereocenters. The Morgan fingerprint density at radius 1 is 1.19 bits per heavy atom. The predicted molar refractivity (Wildman–Crippen MR) is 118 cm³/mol. The molecule has 3 amide bonds. The van der Waals surface area contributed by atoms with Gasteiger partial charge in [0.1, 0.15) is 6.04 Å². The molecule has 2 atom stereocenters. The fourth-order valence-corrected chi connectivity index (χ4v) is 3.96. The summed E-state index contributed by atoms with van der Waals surface area (Å²) in [6, 6.07) is 11.0. The summed E-state index contributed by atoms with van der Waals surface area (Å²) in [5.74, 6) is 0.254. The van der Waals surface area contributed by atoms with Gasteiger partial charge in [-0.2, -0.15) is 11.8 Å². The van der Waals surface area contributed by atoms with Crippen LogP contribution in [0.25, 0.3) is 5.65 Å². The molecule has 0 spiro atoms. The second-order valence-electron chi connectivity index (χ2n) is 7.15. The summed E-state index contributed by atoms with van der Waals surface area (Å²) in [7, 11) is 0. The fraction of sp³-hybridized carbons (Fsp3) is 0.286. The van der Waals surface area contributed by atoms with Gasteiger partial charge in [-0.3, -0.25) is 18.8 Å². The van der Waals surface area contributed by atoms with E-state index in [-0.39, 0.29) is 18.4 Å². The molecule has 0 saturated carbocycles. The Hall–Kier alpha value is -3.40. The van der Waals surface area contributed by atoms with Crippen LogP contribution in [-0.2, 0) is 9.59 Å². The first-order chi connectivity index (χ1) is 15.1. The molecule has 3 N–H and O–H groups in total. The third-order valence-corrected chi connectivity index (χ3v) is 5.68. The molecule has 4 rings (SSSR count). The topological polar surface area (TPSA) is 117 Å². The van der Waals surface area contributed by atoms with Crippen molar-refractivity contribution in [2.45, 2.75) is 24.9 Å². The molecule has 1 aliphatic rings. The lowest BCUT2D eigenvalue weighted by atomic mass is 10.1. The van der Waals surface area contributed by atoms with Crippen molar-refractivity contribution in [3.8, 4) is 0 Å². The summed E-state index contributed by atoms with van der Waals surface area (Å²) in [4.78, 5) is 37.9. The van der Waals surface area contributed by atoms with Crippen LogP contribution in [0, 0.1) is 0 Å². The summed E-state index contributed by atoms with van der Waals surface area (Å²) < 4.78 is 1.84. The lowest BCUT2D eigenvalue weighted by Gasteiger charge is -2.19. The van der Waals surface area contributed by atoms with E-state index in [0.29, 0.717) is 29.1 Å². The van der Waals surface area contributed by atoms with Crippen molar-refractivity contribution < 1.29 is 14.4 Å². The van der Waals surface area contributed by atoms with Crippen molar-refractivity contribution in [1.82, 2.24) is 25.2 Å². The zero-order chi connectivity index (χ0) is 21.8. The molecular weight excluding hydrogens is 416 g/mol. The minimum Gasteiger partial charge on any atom is -0.346 e. The number of thioether (sulfide) groups is 1. The van der Waals surface area contributed by atoms with Crippen LogP contribution in [-0.4, -0.2) is 50.4 Å². The van der Waals surface area contributed by atoms with E-state index in [9.17, 15) is 14.4 Å². The number of benzene rings is 1. The second-order valence-corrected chi connectivity index (χ2v) is 8.14. The zero-order valence-corrected chi connectivity index (χ0v) is 17.7. The average Bonchev–Trinajstić information content (AvgIpc) is 3.15. The van der Waals surface area contributed by atoms with Gasteiger partial charge in [0.25, 0.3) is 5.91 Å². The van der Waals surface area contributed by atoms with Crippen LogP contribution in [0.4, 0.5) is 5.69 Å². The van der Waals surface area contributed by atoms with Crippen LogP contribution in [0.5, 0.6) is 0 Å². The highest BCUT2D eigenvalue weighted by atomic mass is 32.2. The number of hydrogen-bond donors (Lipinski definition) is 3. The van der Waals surface area contributed by atoms with Gasteiger partial charge < -0.3 is 16.0 Å². The molecule has 1 aromatic carbocycles. The van der Waals surface area contributed by atoms with Crippen LogP contribution in [0.3, 0.4) is 0 Å². The first kappa shape index (κ1) is 20.9. The number of nitrogens with zero attached hydrogens (tertiary/aromatic N) is 3. The summed E-state index contributed by atoms with van der Waals surface area (Å²) in [6.07, 6.45) is 4.30. The molecule has 0 fully saturated rings. The first-order valence-electron chi connectivity index (χ1n) is 9.85. The quantitative estimate of drug-likeness (QED) is 0.518. The van der Waals surface area contributed by atoms with Crippen molar-refractivity contribution in [1.29, 1.82) is 0 Å². The highest BCUT2D eigenvalue weighted by molar-refractivity contribution is 7.98. The molecule has 0 saturated heterocycles. The van der Waals surface area contributed by atoms with Gasteiger partial charge in [-0.1, -0.05) is 18.2 Å².